The molecular weight excluding hydrogens is 426 g/mol. The number of rotatable bonds is 2. The molecule has 0 bridgehead atoms. The Morgan fingerprint density at radius 2 is 2.06 bits per heavy atom. The van der Waals surface area contributed by atoms with Gasteiger partial charge in [0.15, 0.2) is 0 Å². The van der Waals surface area contributed by atoms with Crippen molar-refractivity contribution in [2.45, 2.75) is 44.9 Å². The van der Waals surface area contributed by atoms with Gasteiger partial charge in [0, 0.05) is 55.7 Å². The van der Waals surface area contributed by atoms with Crippen LogP contribution in [-0.2, 0) is 24.2 Å². The van der Waals surface area contributed by atoms with E-state index in [1.807, 2.05) is 6.07 Å². The number of hydrogen-bond donors (Lipinski definition) is 1. The van der Waals surface area contributed by atoms with Gasteiger partial charge in [-0.2, -0.15) is 10.4 Å². The maximum absolute atomic E-state index is 14.6. The van der Waals surface area contributed by atoms with Crippen LogP contribution < -0.4 is 0 Å². The van der Waals surface area contributed by atoms with Gasteiger partial charge in [0.25, 0.3) is 0 Å². The van der Waals surface area contributed by atoms with Crippen LogP contribution in [0.5, 0.6) is 0 Å². The van der Waals surface area contributed by atoms with Crippen molar-refractivity contribution in [2.75, 3.05) is 6.54 Å². The lowest BCUT2D eigenvalue weighted by molar-refractivity contribution is -0.129. The van der Waals surface area contributed by atoms with E-state index in [2.05, 4.69) is 6.07 Å². The van der Waals surface area contributed by atoms with E-state index >= 15 is 0 Å². The Bertz CT molecular complexity index is 1340. The Labute approximate surface area is 189 Å². The van der Waals surface area contributed by atoms with Gasteiger partial charge in [-0.15, -0.1) is 0 Å². The quantitative estimate of drug-likeness (QED) is 0.651. The molecule has 2 aromatic carbocycles. The molecule has 1 aliphatic heterocycles. The van der Waals surface area contributed by atoms with E-state index < -0.39 is 23.3 Å². The molecule has 33 heavy (non-hydrogen) atoms. The highest BCUT2D eigenvalue weighted by molar-refractivity contribution is 5.75. The van der Waals surface area contributed by atoms with Crippen molar-refractivity contribution < 1.29 is 18.7 Å². The van der Waals surface area contributed by atoms with Crippen molar-refractivity contribution in [1.29, 1.82) is 5.26 Å². The van der Waals surface area contributed by atoms with Gasteiger partial charge in [-0.3, -0.25) is 9.48 Å². The number of carbonyl (C=O) groups is 1. The SMILES string of the molecule is CC(=O)N1CCc2c(c(-c3cccc(C#N)c3)nn2[C@@H]2c3cc(F)cc(F)c3C[C@]2(C)O)C1. The van der Waals surface area contributed by atoms with E-state index in [-0.39, 0.29) is 17.9 Å². The molecule has 3 aromatic rings. The van der Waals surface area contributed by atoms with Gasteiger partial charge >= 0.3 is 0 Å². The van der Waals surface area contributed by atoms with Crippen LogP contribution >= 0.6 is 0 Å². The third-order valence-corrected chi connectivity index (χ3v) is 6.65. The Morgan fingerprint density at radius 1 is 1.27 bits per heavy atom. The number of aromatic nitrogens is 2. The van der Waals surface area contributed by atoms with Crippen LogP contribution in [0.15, 0.2) is 36.4 Å². The number of hydrogen-bond acceptors (Lipinski definition) is 4. The van der Waals surface area contributed by atoms with Crippen LogP contribution in [0, 0.1) is 23.0 Å². The molecule has 1 aliphatic carbocycles. The average Bonchev–Trinajstić information content (AvgIpc) is 3.27. The zero-order valence-corrected chi connectivity index (χ0v) is 18.3. The second-order valence-electron chi connectivity index (χ2n) is 8.99. The molecule has 2 aliphatic rings. The topological polar surface area (TPSA) is 82.2 Å². The summed E-state index contributed by atoms with van der Waals surface area (Å²) in [5.74, 6) is -1.45. The van der Waals surface area contributed by atoms with Gasteiger partial charge in [-0.05, 0) is 36.2 Å². The number of aliphatic hydroxyl groups is 1. The number of nitriles is 1. The minimum absolute atomic E-state index is 0.0343. The van der Waals surface area contributed by atoms with E-state index in [0.29, 0.717) is 41.9 Å². The molecule has 0 spiro atoms. The summed E-state index contributed by atoms with van der Waals surface area (Å²) < 4.78 is 30.4. The summed E-state index contributed by atoms with van der Waals surface area (Å²) in [5, 5.41) is 25.5. The Morgan fingerprint density at radius 3 is 2.79 bits per heavy atom. The van der Waals surface area contributed by atoms with Gasteiger partial charge in [0.2, 0.25) is 5.91 Å². The Hall–Kier alpha value is -3.57. The highest BCUT2D eigenvalue weighted by Crippen LogP contribution is 2.45. The lowest BCUT2D eigenvalue weighted by Crippen LogP contribution is -2.38. The van der Waals surface area contributed by atoms with Crippen LogP contribution in [-0.4, -0.2) is 37.8 Å². The maximum atomic E-state index is 14.6. The fourth-order valence-electron chi connectivity index (χ4n) is 5.13. The summed E-state index contributed by atoms with van der Waals surface area (Å²) in [6.07, 6.45) is 0.520. The molecule has 1 amide bonds. The number of benzene rings is 2. The molecule has 2 heterocycles. The van der Waals surface area contributed by atoms with Gasteiger partial charge in [-0.1, -0.05) is 12.1 Å². The van der Waals surface area contributed by atoms with Crippen molar-refractivity contribution in [3.05, 3.63) is 76.0 Å². The first-order valence-electron chi connectivity index (χ1n) is 10.8. The Kier molecular flexibility index (Phi) is 4.83. The predicted octanol–water partition coefficient (Wildman–Crippen LogP) is 3.50. The minimum atomic E-state index is -1.39. The summed E-state index contributed by atoms with van der Waals surface area (Å²) in [4.78, 5) is 13.8. The summed E-state index contributed by atoms with van der Waals surface area (Å²) in [6, 6.07) is 10.4. The molecule has 0 radical (unpaired) electrons. The van der Waals surface area contributed by atoms with Crippen molar-refractivity contribution in [2.24, 2.45) is 0 Å². The van der Waals surface area contributed by atoms with Crippen molar-refractivity contribution >= 4 is 5.91 Å². The second kappa shape index (κ2) is 7.49. The Balaban J connectivity index is 1.73. The molecule has 0 fully saturated rings. The molecule has 8 heteroatoms. The van der Waals surface area contributed by atoms with Crippen molar-refractivity contribution in [3.8, 4) is 17.3 Å². The number of fused-ring (bicyclic) bond motifs is 2. The van der Waals surface area contributed by atoms with E-state index in [4.69, 9.17) is 5.10 Å². The monoisotopic (exact) mass is 448 g/mol. The lowest BCUT2D eigenvalue weighted by Gasteiger charge is -2.31. The van der Waals surface area contributed by atoms with E-state index in [0.717, 1.165) is 17.3 Å². The van der Waals surface area contributed by atoms with E-state index in [9.17, 15) is 23.9 Å². The molecule has 2 atom stereocenters. The van der Waals surface area contributed by atoms with Crippen LogP contribution in [0.1, 0.15) is 47.8 Å². The highest BCUT2D eigenvalue weighted by atomic mass is 19.1. The molecular formula is C25H22F2N4O2. The molecule has 1 aromatic heterocycles. The molecule has 0 saturated heterocycles. The van der Waals surface area contributed by atoms with E-state index in [1.54, 1.807) is 34.7 Å². The smallest absolute Gasteiger partial charge is 0.219 e. The molecule has 168 valence electrons. The van der Waals surface area contributed by atoms with Crippen molar-refractivity contribution in [3.63, 3.8) is 0 Å². The minimum Gasteiger partial charge on any atom is -0.387 e. The van der Waals surface area contributed by atoms with E-state index in [1.165, 1.54) is 13.0 Å². The molecule has 1 N–H and O–H groups in total. The summed E-state index contributed by atoms with van der Waals surface area (Å²) >= 11 is 0. The van der Waals surface area contributed by atoms with Gasteiger partial charge in [0.05, 0.1) is 22.9 Å². The first-order chi connectivity index (χ1) is 15.7. The number of nitrogens with zero attached hydrogens (tertiary/aromatic N) is 4. The van der Waals surface area contributed by atoms with Crippen LogP contribution in [0.25, 0.3) is 11.3 Å². The standard InChI is InChI=1S/C25H22F2N4O2/c1-14(32)30-7-6-22-20(13-30)23(16-5-3-4-15(8-16)12-28)29-31(22)24-18-9-17(26)10-21(27)19(18)11-25(24,2)33/h3-5,8-10,24,33H,6-7,11,13H2,1-2H3/t24-,25+/m1/s1. The van der Waals surface area contributed by atoms with Gasteiger partial charge in [-0.25, -0.2) is 8.78 Å². The normalized spacial score (nSPS) is 21.5. The molecule has 5 rings (SSSR count). The third-order valence-electron chi connectivity index (χ3n) is 6.65. The lowest BCUT2D eigenvalue weighted by atomic mass is 9.96. The summed E-state index contributed by atoms with van der Waals surface area (Å²) in [6.45, 7) is 3.92. The zero-order chi connectivity index (χ0) is 23.5. The zero-order valence-electron chi connectivity index (χ0n) is 18.3. The molecule has 6 nitrogen and oxygen atoms in total. The molecule has 0 saturated carbocycles. The largest absolute Gasteiger partial charge is 0.387 e. The summed E-state index contributed by atoms with van der Waals surface area (Å²) in [7, 11) is 0. The average molecular weight is 448 g/mol. The maximum Gasteiger partial charge on any atom is 0.219 e. The third kappa shape index (κ3) is 3.40. The number of carbonyl (C=O) groups excluding carboxylic acids is 1. The predicted molar refractivity (Wildman–Crippen MR) is 116 cm³/mol. The fraction of sp³-hybridized carbons (Fsp3) is 0.320. The van der Waals surface area contributed by atoms with Gasteiger partial charge < -0.3 is 10.0 Å². The van der Waals surface area contributed by atoms with Crippen LogP contribution in [0.3, 0.4) is 0 Å². The van der Waals surface area contributed by atoms with Gasteiger partial charge in [0.1, 0.15) is 17.7 Å². The first-order valence-corrected chi connectivity index (χ1v) is 10.8. The van der Waals surface area contributed by atoms with Crippen molar-refractivity contribution in [1.82, 2.24) is 14.7 Å². The molecule has 0 unspecified atom stereocenters. The number of halogens is 2. The summed E-state index contributed by atoms with van der Waals surface area (Å²) in [5.41, 5.74) is 2.66. The highest BCUT2D eigenvalue weighted by Gasteiger charge is 2.46. The second-order valence-corrected chi connectivity index (χ2v) is 8.99. The number of amides is 1. The fourth-order valence-corrected chi connectivity index (χ4v) is 5.13. The van der Waals surface area contributed by atoms with Crippen LogP contribution in [0.4, 0.5) is 8.78 Å². The first kappa shape index (κ1) is 21.3. The van der Waals surface area contributed by atoms with Crippen LogP contribution in [0.2, 0.25) is 0 Å².